The number of amides is 1. The van der Waals surface area contributed by atoms with E-state index in [-0.39, 0.29) is 6.09 Å². The Balaban J connectivity index is 1.82. The van der Waals surface area contributed by atoms with E-state index < -0.39 is 5.60 Å². The van der Waals surface area contributed by atoms with Crippen molar-refractivity contribution >= 4 is 32.9 Å². The zero-order valence-corrected chi connectivity index (χ0v) is 17.2. The summed E-state index contributed by atoms with van der Waals surface area (Å²) >= 11 is 3.54. The van der Waals surface area contributed by atoms with Gasteiger partial charge in [0.05, 0.1) is 0 Å². The standard InChI is InChI=1S/C20H27BrN2O2/c1-13-11-22(19(24)25-20(3,4)5)12-14(2)18(13)23-9-8-15-10-16(21)6-7-17(15)23/h6-10,13-14,18H,11-12H2,1-5H3/t13-,14+,18?. The molecule has 25 heavy (non-hydrogen) atoms. The Morgan fingerprint density at radius 3 is 2.40 bits per heavy atom. The van der Waals surface area contributed by atoms with Gasteiger partial charge in [0.15, 0.2) is 0 Å². The molecule has 0 saturated carbocycles. The van der Waals surface area contributed by atoms with Crippen LogP contribution in [0.4, 0.5) is 4.79 Å². The zero-order valence-electron chi connectivity index (χ0n) is 15.6. The Bertz CT molecular complexity index is 766. The molecule has 136 valence electrons. The first-order chi connectivity index (χ1) is 11.7. The summed E-state index contributed by atoms with van der Waals surface area (Å²) in [4.78, 5) is 14.3. The van der Waals surface area contributed by atoms with Crippen LogP contribution in [0.15, 0.2) is 34.9 Å². The second-order valence-electron chi connectivity index (χ2n) is 8.26. The molecule has 1 aliphatic rings. The molecule has 1 aromatic heterocycles. The Labute approximate surface area is 158 Å². The number of aromatic nitrogens is 1. The van der Waals surface area contributed by atoms with Gasteiger partial charge < -0.3 is 14.2 Å². The summed E-state index contributed by atoms with van der Waals surface area (Å²) in [6.45, 7) is 11.6. The van der Waals surface area contributed by atoms with Crippen LogP contribution < -0.4 is 0 Å². The highest BCUT2D eigenvalue weighted by Crippen LogP contribution is 2.36. The number of likely N-dealkylation sites (tertiary alicyclic amines) is 1. The van der Waals surface area contributed by atoms with Gasteiger partial charge in [-0.3, -0.25) is 0 Å². The number of ether oxygens (including phenoxy) is 1. The summed E-state index contributed by atoms with van der Waals surface area (Å²) in [6, 6.07) is 8.94. The van der Waals surface area contributed by atoms with Gasteiger partial charge in [-0.05, 0) is 56.9 Å². The van der Waals surface area contributed by atoms with E-state index in [9.17, 15) is 4.79 Å². The van der Waals surface area contributed by atoms with Crippen LogP contribution in [0.1, 0.15) is 40.7 Å². The van der Waals surface area contributed by atoms with Crippen LogP contribution in [0.3, 0.4) is 0 Å². The number of carbonyl (C=O) groups excluding carboxylic acids is 1. The molecule has 1 amide bonds. The predicted molar refractivity (Wildman–Crippen MR) is 105 cm³/mol. The van der Waals surface area contributed by atoms with E-state index in [2.05, 4.69) is 64.8 Å². The minimum atomic E-state index is -0.454. The van der Waals surface area contributed by atoms with Crippen molar-refractivity contribution in [2.24, 2.45) is 11.8 Å². The second-order valence-corrected chi connectivity index (χ2v) is 9.17. The van der Waals surface area contributed by atoms with Crippen molar-refractivity contribution in [1.82, 2.24) is 9.47 Å². The molecule has 1 aliphatic heterocycles. The normalized spacial score (nSPS) is 24.6. The van der Waals surface area contributed by atoms with Crippen molar-refractivity contribution in [3.05, 3.63) is 34.9 Å². The van der Waals surface area contributed by atoms with Crippen LogP contribution in [0.5, 0.6) is 0 Å². The highest BCUT2D eigenvalue weighted by atomic mass is 79.9. The molecule has 0 radical (unpaired) electrons. The van der Waals surface area contributed by atoms with Crippen molar-refractivity contribution < 1.29 is 9.53 Å². The van der Waals surface area contributed by atoms with E-state index in [4.69, 9.17) is 4.74 Å². The van der Waals surface area contributed by atoms with E-state index in [0.717, 1.165) is 17.6 Å². The smallest absolute Gasteiger partial charge is 0.410 e. The number of carbonyl (C=O) groups is 1. The molecule has 1 unspecified atom stereocenters. The summed E-state index contributed by atoms with van der Waals surface area (Å²) in [5, 5.41) is 1.24. The first-order valence-corrected chi connectivity index (χ1v) is 9.69. The zero-order chi connectivity index (χ0) is 18.4. The number of fused-ring (bicyclic) bond motifs is 1. The molecule has 0 N–H and O–H groups in total. The summed E-state index contributed by atoms with van der Waals surface area (Å²) in [5.74, 6) is 0.714. The Hall–Kier alpha value is -1.49. The fourth-order valence-corrected chi connectivity index (χ4v) is 4.34. The van der Waals surface area contributed by atoms with Gasteiger partial charge in [-0.1, -0.05) is 29.8 Å². The number of piperidine rings is 1. The maximum Gasteiger partial charge on any atom is 0.410 e. The lowest BCUT2D eigenvalue weighted by molar-refractivity contribution is 0.00363. The summed E-state index contributed by atoms with van der Waals surface area (Å²) < 4.78 is 9.03. The van der Waals surface area contributed by atoms with Crippen molar-refractivity contribution in [3.8, 4) is 0 Å². The molecule has 0 bridgehead atoms. The second kappa shape index (κ2) is 6.67. The number of benzene rings is 1. The maximum atomic E-state index is 12.4. The van der Waals surface area contributed by atoms with Crippen LogP contribution in [0.2, 0.25) is 0 Å². The van der Waals surface area contributed by atoms with E-state index in [1.165, 1.54) is 10.9 Å². The van der Waals surface area contributed by atoms with Crippen molar-refractivity contribution in [1.29, 1.82) is 0 Å². The fraction of sp³-hybridized carbons (Fsp3) is 0.550. The predicted octanol–water partition coefficient (Wildman–Crippen LogP) is 5.47. The van der Waals surface area contributed by atoms with Crippen LogP contribution >= 0.6 is 15.9 Å². The lowest BCUT2D eigenvalue weighted by atomic mass is 9.85. The lowest BCUT2D eigenvalue weighted by Gasteiger charge is -2.42. The number of nitrogens with zero attached hydrogens (tertiary/aromatic N) is 2. The fourth-order valence-electron chi connectivity index (χ4n) is 3.97. The monoisotopic (exact) mass is 406 g/mol. The van der Waals surface area contributed by atoms with Crippen molar-refractivity contribution in [2.75, 3.05) is 13.1 Å². The largest absolute Gasteiger partial charge is 0.444 e. The van der Waals surface area contributed by atoms with Gasteiger partial charge in [-0.25, -0.2) is 4.79 Å². The number of hydrogen-bond acceptors (Lipinski definition) is 2. The molecule has 0 aliphatic carbocycles. The summed E-state index contributed by atoms with van der Waals surface area (Å²) in [6.07, 6.45) is 1.98. The molecule has 1 aromatic carbocycles. The summed E-state index contributed by atoms with van der Waals surface area (Å²) in [7, 11) is 0. The molecule has 5 heteroatoms. The van der Waals surface area contributed by atoms with E-state index >= 15 is 0 Å². The van der Waals surface area contributed by atoms with E-state index in [1.807, 2.05) is 25.7 Å². The molecule has 4 nitrogen and oxygen atoms in total. The molecule has 3 rings (SSSR count). The summed E-state index contributed by atoms with van der Waals surface area (Å²) in [5.41, 5.74) is 0.794. The Morgan fingerprint density at radius 2 is 1.80 bits per heavy atom. The molecule has 2 heterocycles. The molecule has 1 saturated heterocycles. The average molecular weight is 407 g/mol. The van der Waals surface area contributed by atoms with Gasteiger partial charge in [0.2, 0.25) is 0 Å². The number of rotatable bonds is 1. The third-order valence-corrected chi connectivity index (χ3v) is 5.33. The average Bonchev–Trinajstić information content (AvgIpc) is 2.87. The van der Waals surface area contributed by atoms with Gasteiger partial charge in [0.1, 0.15) is 5.60 Å². The van der Waals surface area contributed by atoms with Crippen molar-refractivity contribution in [2.45, 2.75) is 46.3 Å². The number of halogens is 1. The molecule has 3 atom stereocenters. The van der Waals surface area contributed by atoms with Crippen LogP contribution in [0, 0.1) is 11.8 Å². The first kappa shape index (κ1) is 18.3. The van der Waals surface area contributed by atoms with Crippen molar-refractivity contribution in [3.63, 3.8) is 0 Å². The van der Waals surface area contributed by atoms with Gasteiger partial charge >= 0.3 is 6.09 Å². The minimum Gasteiger partial charge on any atom is -0.444 e. The molecule has 2 aromatic rings. The first-order valence-electron chi connectivity index (χ1n) is 8.90. The SMILES string of the molecule is C[C@@H]1CN(C(=O)OC(C)(C)C)C[C@H](C)C1n1ccc2cc(Br)ccc21. The van der Waals surface area contributed by atoms with E-state index in [0.29, 0.717) is 17.9 Å². The van der Waals surface area contributed by atoms with Crippen LogP contribution in [-0.2, 0) is 4.74 Å². The highest BCUT2D eigenvalue weighted by molar-refractivity contribution is 9.10. The Kier molecular flexibility index (Phi) is 4.89. The number of hydrogen-bond donors (Lipinski definition) is 0. The van der Waals surface area contributed by atoms with Gasteiger partial charge in [0, 0.05) is 40.7 Å². The van der Waals surface area contributed by atoms with Crippen LogP contribution in [-0.4, -0.2) is 34.3 Å². The molecule has 0 spiro atoms. The molecule has 1 fully saturated rings. The third kappa shape index (κ3) is 3.86. The van der Waals surface area contributed by atoms with Gasteiger partial charge in [-0.15, -0.1) is 0 Å². The molecular formula is C20H27BrN2O2. The minimum absolute atomic E-state index is 0.203. The topological polar surface area (TPSA) is 34.5 Å². The molecular weight excluding hydrogens is 380 g/mol. The van der Waals surface area contributed by atoms with Crippen LogP contribution in [0.25, 0.3) is 10.9 Å². The highest BCUT2D eigenvalue weighted by Gasteiger charge is 2.36. The third-order valence-electron chi connectivity index (χ3n) is 4.84. The quantitative estimate of drug-likeness (QED) is 0.629. The maximum absolute atomic E-state index is 12.4. The van der Waals surface area contributed by atoms with Gasteiger partial charge in [0.25, 0.3) is 0 Å². The lowest BCUT2D eigenvalue weighted by Crippen LogP contribution is -2.49. The Morgan fingerprint density at radius 1 is 1.16 bits per heavy atom. The van der Waals surface area contributed by atoms with Gasteiger partial charge in [-0.2, -0.15) is 0 Å². The van der Waals surface area contributed by atoms with E-state index in [1.54, 1.807) is 0 Å².